The zero-order valence-electron chi connectivity index (χ0n) is 11.1. The summed E-state index contributed by atoms with van der Waals surface area (Å²) in [5.74, 6) is -2.57. The van der Waals surface area contributed by atoms with Crippen molar-refractivity contribution in [3.8, 4) is 11.5 Å². The molecule has 1 N–H and O–H groups in total. The monoisotopic (exact) mass is 422 g/mol. The zero-order valence-corrected chi connectivity index (χ0v) is 14.3. The minimum absolute atomic E-state index is 0.0846. The molecule has 0 spiro atoms. The van der Waals surface area contributed by atoms with Crippen molar-refractivity contribution >= 4 is 49.8 Å². The van der Waals surface area contributed by atoms with Crippen molar-refractivity contribution < 1.29 is 29.0 Å². The van der Waals surface area contributed by atoms with Crippen LogP contribution in [0.3, 0.4) is 0 Å². The lowest BCUT2D eigenvalue weighted by Gasteiger charge is -2.11. The molecule has 0 aliphatic heterocycles. The fourth-order valence-corrected chi connectivity index (χ4v) is 1.40. The quantitative estimate of drug-likeness (QED) is 0.445. The Kier molecular flexibility index (Phi) is 6.35. The number of alkyl halides is 2. The van der Waals surface area contributed by atoms with Crippen LogP contribution in [-0.2, 0) is 9.59 Å². The van der Waals surface area contributed by atoms with E-state index in [0.717, 1.165) is 0 Å². The first kappa shape index (κ1) is 17.6. The molecule has 0 saturated heterocycles. The van der Waals surface area contributed by atoms with E-state index in [4.69, 9.17) is 14.6 Å². The Labute approximate surface area is 137 Å². The molecule has 0 radical (unpaired) electrons. The van der Waals surface area contributed by atoms with Crippen molar-refractivity contribution in [1.29, 1.82) is 0 Å². The molecule has 1 rings (SSSR count). The van der Waals surface area contributed by atoms with Crippen molar-refractivity contribution in [1.82, 2.24) is 0 Å². The SMILES string of the molecule is CC(Br)C(=O)Oc1ccc(C(=O)O)c(OC(=O)C(C)Br)c1. The highest BCUT2D eigenvalue weighted by molar-refractivity contribution is 9.10. The highest BCUT2D eigenvalue weighted by Crippen LogP contribution is 2.26. The van der Waals surface area contributed by atoms with Crippen LogP contribution in [0.4, 0.5) is 0 Å². The number of carbonyl (C=O) groups excluding carboxylic acids is 2. The lowest BCUT2D eigenvalue weighted by molar-refractivity contribution is -0.133. The number of aromatic carboxylic acids is 1. The number of rotatable bonds is 5. The second-order valence-corrected chi connectivity index (χ2v) is 6.78. The van der Waals surface area contributed by atoms with Crippen LogP contribution in [-0.4, -0.2) is 32.7 Å². The smallest absolute Gasteiger partial charge is 0.339 e. The molecule has 2 unspecified atom stereocenters. The largest absolute Gasteiger partial charge is 0.478 e. The van der Waals surface area contributed by atoms with E-state index in [2.05, 4.69) is 31.9 Å². The zero-order chi connectivity index (χ0) is 16.2. The molecular formula is C13H12Br2O6. The second kappa shape index (κ2) is 7.56. The molecule has 1 aromatic rings. The van der Waals surface area contributed by atoms with Crippen molar-refractivity contribution in [2.75, 3.05) is 0 Å². The van der Waals surface area contributed by atoms with Gasteiger partial charge in [-0.2, -0.15) is 0 Å². The standard InChI is InChI=1S/C13H12Br2O6/c1-6(14)12(18)20-8-3-4-9(11(16)17)10(5-8)21-13(19)7(2)15/h3-7H,1-2H3,(H,16,17). The topological polar surface area (TPSA) is 89.9 Å². The van der Waals surface area contributed by atoms with E-state index in [1.807, 2.05) is 0 Å². The van der Waals surface area contributed by atoms with Gasteiger partial charge in [0.15, 0.2) is 0 Å². The maximum atomic E-state index is 11.6. The van der Waals surface area contributed by atoms with Gasteiger partial charge in [0.2, 0.25) is 0 Å². The van der Waals surface area contributed by atoms with Gasteiger partial charge in [0.1, 0.15) is 26.7 Å². The average Bonchev–Trinajstić information content (AvgIpc) is 2.38. The van der Waals surface area contributed by atoms with E-state index in [0.29, 0.717) is 0 Å². The van der Waals surface area contributed by atoms with Gasteiger partial charge in [-0.25, -0.2) is 4.79 Å². The third-order valence-corrected chi connectivity index (χ3v) is 3.01. The Morgan fingerprint density at radius 2 is 1.57 bits per heavy atom. The molecule has 1 aromatic carbocycles. The predicted molar refractivity (Wildman–Crippen MR) is 81.4 cm³/mol. The van der Waals surface area contributed by atoms with Crippen LogP contribution < -0.4 is 9.47 Å². The first-order valence-electron chi connectivity index (χ1n) is 5.81. The molecule has 0 aromatic heterocycles. The summed E-state index contributed by atoms with van der Waals surface area (Å²) < 4.78 is 9.99. The fraction of sp³-hybridized carbons (Fsp3) is 0.308. The molecule has 0 heterocycles. The van der Waals surface area contributed by atoms with Gasteiger partial charge >= 0.3 is 17.9 Å². The van der Waals surface area contributed by atoms with E-state index in [-0.39, 0.29) is 17.1 Å². The second-order valence-electron chi connectivity index (χ2n) is 4.04. The molecule has 0 fully saturated rings. The lowest BCUT2D eigenvalue weighted by Crippen LogP contribution is -2.19. The molecule has 0 saturated carbocycles. The highest BCUT2D eigenvalue weighted by Gasteiger charge is 2.20. The number of hydrogen-bond donors (Lipinski definition) is 1. The van der Waals surface area contributed by atoms with Gasteiger partial charge in [-0.3, -0.25) is 9.59 Å². The number of carbonyl (C=O) groups is 3. The van der Waals surface area contributed by atoms with Crippen molar-refractivity contribution in [3.63, 3.8) is 0 Å². The summed E-state index contributed by atoms with van der Waals surface area (Å²) in [4.78, 5) is 33.0. The van der Waals surface area contributed by atoms with Crippen LogP contribution in [0.15, 0.2) is 18.2 Å². The minimum atomic E-state index is -1.26. The van der Waals surface area contributed by atoms with Gasteiger partial charge in [-0.15, -0.1) is 0 Å². The summed E-state index contributed by atoms with van der Waals surface area (Å²) in [5, 5.41) is 9.06. The molecular weight excluding hydrogens is 412 g/mol. The third kappa shape index (κ3) is 5.13. The van der Waals surface area contributed by atoms with Crippen LogP contribution in [0, 0.1) is 0 Å². The van der Waals surface area contributed by atoms with E-state index >= 15 is 0 Å². The molecule has 0 aliphatic rings. The normalized spacial score (nSPS) is 13.1. The average molecular weight is 424 g/mol. The van der Waals surface area contributed by atoms with Gasteiger partial charge in [-0.1, -0.05) is 31.9 Å². The van der Waals surface area contributed by atoms with Crippen LogP contribution in [0.5, 0.6) is 11.5 Å². The molecule has 0 aliphatic carbocycles. The first-order valence-corrected chi connectivity index (χ1v) is 7.64. The van der Waals surface area contributed by atoms with Gasteiger partial charge in [0, 0.05) is 6.07 Å². The van der Waals surface area contributed by atoms with Crippen molar-refractivity contribution in [3.05, 3.63) is 23.8 Å². The van der Waals surface area contributed by atoms with Crippen molar-refractivity contribution in [2.24, 2.45) is 0 Å². The first-order chi connectivity index (χ1) is 9.72. The summed E-state index contributed by atoms with van der Waals surface area (Å²) in [6.07, 6.45) is 0. The molecule has 114 valence electrons. The molecule has 0 bridgehead atoms. The fourth-order valence-electron chi connectivity index (χ4n) is 1.21. The Bertz CT molecular complexity index is 568. The van der Waals surface area contributed by atoms with Crippen LogP contribution in [0.2, 0.25) is 0 Å². The number of benzene rings is 1. The third-order valence-electron chi connectivity index (χ3n) is 2.26. The Morgan fingerprint density at radius 3 is 2.05 bits per heavy atom. The van der Waals surface area contributed by atoms with Crippen LogP contribution in [0.1, 0.15) is 24.2 Å². The van der Waals surface area contributed by atoms with E-state index in [1.54, 1.807) is 13.8 Å². The Balaban J connectivity index is 3.09. The number of carboxylic acids is 1. The number of esters is 2. The minimum Gasteiger partial charge on any atom is -0.478 e. The molecule has 2 atom stereocenters. The molecule has 8 heteroatoms. The van der Waals surface area contributed by atoms with Gasteiger partial charge < -0.3 is 14.6 Å². The highest BCUT2D eigenvalue weighted by atomic mass is 79.9. The lowest BCUT2D eigenvalue weighted by atomic mass is 10.2. The van der Waals surface area contributed by atoms with E-state index in [9.17, 15) is 14.4 Å². The van der Waals surface area contributed by atoms with E-state index in [1.165, 1.54) is 18.2 Å². The number of carboxylic acid groups (broad SMARTS) is 1. The predicted octanol–water partition coefficient (Wildman–Crippen LogP) is 2.76. The van der Waals surface area contributed by atoms with E-state index < -0.39 is 27.6 Å². The summed E-state index contributed by atoms with van der Waals surface area (Å²) in [6, 6.07) is 3.70. The molecule has 0 amide bonds. The summed E-state index contributed by atoms with van der Waals surface area (Å²) in [6.45, 7) is 3.13. The van der Waals surface area contributed by atoms with Gasteiger partial charge in [0.25, 0.3) is 0 Å². The summed E-state index contributed by atoms with van der Waals surface area (Å²) in [5.41, 5.74) is -0.205. The molecule has 6 nitrogen and oxygen atoms in total. The number of halogens is 2. The van der Waals surface area contributed by atoms with Crippen LogP contribution in [0.25, 0.3) is 0 Å². The summed E-state index contributed by atoms with van der Waals surface area (Å²) in [7, 11) is 0. The number of hydrogen-bond acceptors (Lipinski definition) is 5. The Hall–Kier alpha value is -1.41. The number of ether oxygens (including phenoxy) is 2. The Morgan fingerprint density at radius 1 is 1.05 bits per heavy atom. The molecule has 21 heavy (non-hydrogen) atoms. The maximum absolute atomic E-state index is 11.6. The van der Waals surface area contributed by atoms with Gasteiger partial charge in [0.05, 0.1) is 0 Å². The maximum Gasteiger partial charge on any atom is 0.339 e. The van der Waals surface area contributed by atoms with Crippen LogP contribution >= 0.6 is 31.9 Å². The van der Waals surface area contributed by atoms with Crippen molar-refractivity contribution in [2.45, 2.75) is 23.5 Å². The van der Waals surface area contributed by atoms with Gasteiger partial charge in [-0.05, 0) is 26.0 Å². The summed E-state index contributed by atoms with van der Waals surface area (Å²) >= 11 is 6.08.